The predicted molar refractivity (Wildman–Crippen MR) is 69.4 cm³/mol. The van der Waals surface area contributed by atoms with Crippen molar-refractivity contribution in [2.75, 3.05) is 13.7 Å². The molecule has 0 aliphatic rings. The van der Waals surface area contributed by atoms with Crippen molar-refractivity contribution in [3.63, 3.8) is 0 Å². The SMILES string of the molecule is COc1cc(C)c(CCCCCN)cc1Cl. The molecule has 1 aromatic rings. The number of aryl methyl sites for hydroxylation is 2. The third-order valence-corrected chi connectivity index (χ3v) is 3.06. The summed E-state index contributed by atoms with van der Waals surface area (Å²) in [5.74, 6) is 0.755. The second-order valence-corrected chi connectivity index (χ2v) is 4.42. The minimum atomic E-state index is 0.696. The van der Waals surface area contributed by atoms with Crippen molar-refractivity contribution in [3.8, 4) is 5.75 Å². The maximum Gasteiger partial charge on any atom is 0.137 e. The van der Waals surface area contributed by atoms with Crippen molar-refractivity contribution < 1.29 is 4.74 Å². The van der Waals surface area contributed by atoms with Crippen molar-refractivity contribution in [2.24, 2.45) is 5.73 Å². The van der Waals surface area contributed by atoms with E-state index in [1.807, 2.05) is 12.1 Å². The summed E-state index contributed by atoms with van der Waals surface area (Å²) in [7, 11) is 1.64. The maximum absolute atomic E-state index is 6.10. The molecule has 0 atom stereocenters. The lowest BCUT2D eigenvalue weighted by Gasteiger charge is -2.10. The number of benzene rings is 1. The molecule has 0 aliphatic heterocycles. The zero-order valence-electron chi connectivity index (χ0n) is 10.1. The molecule has 16 heavy (non-hydrogen) atoms. The molecule has 0 saturated carbocycles. The Morgan fingerprint density at radius 1 is 1.25 bits per heavy atom. The summed E-state index contributed by atoms with van der Waals surface area (Å²) in [4.78, 5) is 0. The van der Waals surface area contributed by atoms with E-state index in [2.05, 4.69) is 6.92 Å². The van der Waals surface area contributed by atoms with Crippen LogP contribution in [-0.4, -0.2) is 13.7 Å². The van der Waals surface area contributed by atoms with Gasteiger partial charge in [-0.1, -0.05) is 18.0 Å². The van der Waals surface area contributed by atoms with Crippen LogP contribution in [0.3, 0.4) is 0 Å². The minimum Gasteiger partial charge on any atom is -0.495 e. The molecule has 0 spiro atoms. The average Bonchev–Trinajstić information content (AvgIpc) is 2.28. The number of nitrogens with two attached hydrogens (primary N) is 1. The molecular formula is C13H20ClNO. The predicted octanol–water partition coefficient (Wildman–Crippen LogP) is 3.33. The molecule has 0 radical (unpaired) electrons. The van der Waals surface area contributed by atoms with Crippen molar-refractivity contribution in [2.45, 2.75) is 32.6 Å². The molecule has 2 nitrogen and oxygen atoms in total. The molecular weight excluding hydrogens is 222 g/mol. The Labute approximate surface area is 103 Å². The number of hydrogen-bond acceptors (Lipinski definition) is 2. The summed E-state index contributed by atoms with van der Waals surface area (Å²) in [5, 5.41) is 0.696. The molecule has 0 heterocycles. The van der Waals surface area contributed by atoms with Crippen LogP contribution in [-0.2, 0) is 6.42 Å². The van der Waals surface area contributed by atoms with E-state index in [9.17, 15) is 0 Å². The Hall–Kier alpha value is -0.730. The number of hydrogen-bond donors (Lipinski definition) is 1. The maximum atomic E-state index is 6.10. The first-order chi connectivity index (χ1) is 7.69. The Kier molecular flexibility index (Phi) is 5.64. The zero-order chi connectivity index (χ0) is 12.0. The highest BCUT2D eigenvalue weighted by Crippen LogP contribution is 2.28. The molecule has 0 bridgehead atoms. The van der Waals surface area contributed by atoms with E-state index in [-0.39, 0.29) is 0 Å². The van der Waals surface area contributed by atoms with E-state index < -0.39 is 0 Å². The molecule has 0 fully saturated rings. The third-order valence-electron chi connectivity index (χ3n) is 2.76. The molecule has 1 rings (SSSR count). The second kappa shape index (κ2) is 6.77. The normalized spacial score (nSPS) is 10.5. The molecule has 0 saturated heterocycles. The Morgan fingerprint density at radius 2 is 2.00 bits per heavy atom. The van der Waals surface area contributed by atoms with Gasteiger partial charge in [0.1, 0.15) is 5.75 Å². The van der Waals surface area contributed by atoms with Crippen LogP contribution in [0.5, 0.6) is 5.75 Å². The number of methoxy groups -OCH3 is 1. The van der Waals surface area contributed by atoms with E-state index in [0.717, 1.165) is 25.1 Å². The van der Waals surface area contributed by atoms with Crippen LogP contribution in [0.1, 0.15) is 30.4 Å². The summed E-state index contributed by atoms with van der Waals surface area (Å²) >= 11 is 6.10. The van der Waals surface area contributed by atoms with Crippen LogP contribution in [0, 0.1) is 6.92 Å². The topological polar surface area (TPSA) is 35.2 Å². The van der Waals surface area contributed by atoms with Gasteiger partial charge in [-0.05, 0) is 56.0 Å². The second-order valence-electron chi connectivity index (χ2n) is 4.01. The van der Waals surface area contributed by atoms with Crippen LogP contribution in [0.4, 0.5) is 0 Å². The molecule has 0 unspecified atom stereocenters. The Balaban J connectivity index is 2.63. The summed E-state index contributed by atoms with van der Waals surface area (Å²) in [6, 6.07) is 4.01. The summed E-state index contributed by atoms with van der Waals surface area (Å²) in [6.07, 6.45) is 4.51. The third kappa shape index (κ3) is 3.69. The van der Waals surface area contributed by atoms with Gasteiger partial charge < -0.3 is 10.5 Å². The van der Waals surface area contributed by atoms with Gasteiger partial charge in [-0.25, -0.2) is 0 Å². The van der Waals surface area contributed by atoms with E-state index in [4.69, 9.17) is 22.1 Å². The lowest BCUT2D eigenvalue weighted by atomic mass is 10.0. The number of rotatable bonds is 6. The van der Waals surface area contributed by atoms with Crippen LogP contribution in [0.15, 0.2) is 12.1 Å². The molecule has 90 valence electrons. The number of unbranched alkanes of at least 4 members (excludes halogenated alkanes) is 2. The molecule has 0 amide bonds. The van der Waals surface area contributed by atoms with Gasteiger partial charge in [-0.2, -0.15) is 0 Å². The summed E-state index contributed by atoms with van der Waals surface area (Å²) < 4.78 is 5.18. The van der Waals surface area contributed by atoms with Gasteiger partial charge in [-0.3, -0.25) is 0 Å². The average molecular weight is 242 g/mol. The minimum absolute atomic E-state index is 0.696. The van der Waals surface area contributed by atoms with Crippen LogP contribution < -0.4 is 10.5 Å². The highest BCUT2D eigenvalue weighted by atomic mass is 35.5. The van der Waals surface area contributed by atoms with Crippen molar-refractivity contribution in [1.29, 1.82) is 0 Å². The van der Waals surface area contributed by atoms with Gasteiger partial charge in [-0.15, -0.1) is 0 Å². The van der Waals surface area contributed by atoms with Gasteiger partial charge >= 0.3 is 0 Å². The monoisotopic (exact) mass is 241 g/mol. The van der Waals surface area contributed by atoms with E-state index in [1.165, 1.54) is 24.0 Å². The van der Waals surface area contributed by atoms with Crippen LogP contribution in [0.25, 0.3) is 0 Å². The first-order valence-corrected chi connectivity index (χ1v) is 6.10. The molecule has 0 aromatic heterocycles. The van der Waals surface area contributed by atoms with Gasteiger partial charge in [0.25, 0.3) is 0 Å². The highest BCUT2D eigenvalue weighted by molar-refractivity contribution is 6.32. The van der Waals surface area contributed by atoms with Crippen molar-refractivity contribution >= 4 is 11.6 Å². The molecule has 3 heteroatoms. The highest BCUT2D eigenvalue weighted by Gasteiger charge is 2.05. The first-order valence-electron chi connectivity index (χ1n) is 5.72. The van der Waals surface area contributed by atoms with Crippen LogP contribution in [0.2, 0.25) is 5.02 Å². The zero-order valence-corrected chi connectivity index (χ0v) is 10.8. The fourth-order valence-corrected chi connectivity index (χ4v) is 2.02. The van der Waals surface area contributed by atoms with E-state index >= 15 is 0 Å². The van der Waals surface area contributed by atoms with Crippen molar-refractivity contribution in [1.82, 2.24) is 0 Å². The molecule has 2 N–H and O–H groups in total. The quantitative estimate of drug-likeness (QED) is 0.776. The lowest BCUT2D eigenvalue weighted by molar-refractivity contribution is 0.414. The number of ether oxygens (including phenoxy) is 1. The fraction of sp³-hybridized carbons (Fsp3) is 0.538. The lowest BCUT2D eigenvalue weighted by Crippen LogP contribution is -1.99. The van der Waals surface area contributed by atoms with Gasteiger partial charge in [0.2, 0.25) is 0 Å². The van der Waals surface area contributed by atoms with Crippen molar-refractivity contribution in [3.05, 3.63) is 28.3 Å². The summed E-state index contributed by atoms with van der Waals surface area (Å²) in [5.41, 5.74) is 8.01. The van der Waals surface area contributed by atoms with E-state index in [0.29, 0.717) is 5.02 Å². The fourth-order valence-electron chi connectivity index (χ4n) is 1.76. The van der Waals surface area contributed by atoms with Crippen LogP contribution >= 0.6 is 11.6 Å². The molecule has 0 aliphatic carbocycles. The van der Waals surface area contributed by atoms with Gasteiger partial charge in [0, 0.05) is 0 Å². The standard InChI is InChI=1S/C13H20ClNO/c1-10-8-13(16-2)12(14)9-11(10)6-4-3-5-7-15/h8-9H,3-7,15H2,1-2H3. The summed E-state index contributed by atoms with van der Waals surface area (Å²) in [6.45, 7) is 2.87. The number of halogens is 1. The first kappa shape index (κ1) is 13.3. The van der Waals surface area contributed by atoms with E-state index in [1.54, 1.807) is 7.11 Å². The van der Waals surface area contributed by atoms with Gasteiger partial charge in [0.05, 0.1) is 12.1 Å². The largest absolute Gasteiger partial charge is 0.495 e. The smallest absolute Gasteiger partial charge is 0.137 e. The Bertz CT molecular complexity index is 339. The Morgan fingerprint density at radius 3 is 2.62 bits per heavy atom. The van der Waals surface area contributed by atoms with Gasteiger partial charge in [0.15, 0.2) is 0 Å². The molecule has 1 aromatic carbocycles.